The maximum Gasteiger partial charge on any atom is 0.0585 e. The molecule has 8 aromatic carbocycles. The van der Waals surface area contributed by atoms with Gasteiger partial charge in [-0.1, -0.05) is 173 Å². The molecule has 0 atom stereocenters. The van der Waals surface area contributed by atoms with Gasteiger partial charge in [-0.05, 0) is 109 Å². The van der Waals surface area contributed by atoms with Gasteiger partial charge in [0, 0.05) is 38.8 Å². The van der Waals surface area contributed by atoms with E-state index in [4.69, 9.17) is 0 Å². The Bertz CT molecular complexity index is 3050. The minimum atomic E-state index is -0.183. The molecule has 0 saturated carbocycles. The van der Waals surface area contributed by atoms with Crippen molar-refractivity contribution in [1.29, 1.82) is 0 Å². The summed E-state index contributed by atoms with van der Waals surface area (Å²) in [6.45, 7) is 9.47. The molecule has 2 aliphatic rings. The molecule has 0 spiro atoms. The van der Waals surface area contributed by atoms with Gasteiger partial charge < -0.3 is 9.88 Å². The normalized spacial score (nSPS) is 14.1. The lowest BCUT2D eigenvalue weighted by molar-refractivity contribution is 0.660. The van der Waals surface area contributed by atoms with Crippen molar-refractivity contribution in [3.05, 3.63) is 210 Å². The minimum absolute atomic E-state index is 0.0553. The standard InChI is InChI=1S/C56H44N2/c1-55(2)49-21-13-11-19-44(49)45-30-27-41(34-51(45)55)57-40-28-32-50-48(33-40)54-53(56(50,3)4)46-20-12-14-22-52(46)58(54)42-29-31-43(38-17-9-6-10-18-38)47(35-42)39-25-23-37(24-26-39)36-15-7-5-8-16-36/h5-35,57H,1-4H3. The SMILES string of the molecule is CC1(C)c2ccccc2-c2ccc(Nc3ccc4c(c3)-c3c(c5ccccc5n3-c3ccc(-c5ccccc5)c(-c5ccc(-c6ccccc6)cc5)c3)C4(C)C)cc21. The van der Waals surface area contributed by atoms with Crippen LogP contribution in [0.1, 0.15) is 49.9 Å². The van der Waals surface area contributed by atoms with Gasteiger partial charge in [0.05, 0.1) is 11.2 Å². The molecular formula is C56H44N2. The Morgan fingerprint density at radius 2 is 0.948 bits per heavy atom. The van der Waals surface area contributed by atoms with Gasteiger partial charge in [-0.2, -0.15) is 0 Å². The summed E-state index contributed by atoms with van der Waals surface area (Å²) in [6, 6.07) is 69.2. The first kappa shape index (κ1) is 34.4. The molecule has 2 nitrogen and oxygen atoms in total. The molecule has 2 aliphatic carbocycles. The van der Waals surface area contributed by atoms with Gasteiger partial charge in [-0.3, -0.25) is 0 Å². The minimum Gasteiger partial charge on any atom is -0.355 e. The van der Waals surface area contributed by atoms with Crippen LogP contribution in [-0.2, 0) is 10.8 Å². The van der Waals surface area contributed by atoms with Crippen LogP contribution in [0.15, 0.2) is 188 Å². The zero-order chi connectivity index (χ0) is 39.2. The first-order valence-corrected chi connectivity index (χ1v) is 20.4. The third kappa shape index (κ3) is 5.18. The second-order valence-corrected chi connectivity index (χ2v) is 17.1. The van der Waals surface area contributed by atoms with Crippen molar-refractivity contribution < 1.29 is 0 Å². The lowest BCUT2D eigenvalue weighted by Crippen LogP contribution is -2.15. The molecule has 0 bridgehead atoms. The van der Waals surface area contributed by atoms with Crippen molar-refractivity contribution in [1.82, 2.24) is 4.57 Å². The summed E-state index contributed by atoms with van der Waals surface area (Å²) in [7, 11) is 0. The average Bonchev–Trinajstić information content (AvgIpc) is 3.82. The fraction of sp³-hybridized carbons (Fsp3) is 0.107. The van der Waals surface area contributed by atoms with Crippen LogP contribution in [-0.4, -0.2) is 4.57 Å². The zero-order valence-electron chi connectivity index (χ0n) is 33.3. The first-order chi connectivity index (χ1) is 28.3. The quantitative estimate of drug-likeness (QED) is 0.179. The highest BCUT2D eigenvalue weighted by atomic mass is 15.0. The highest BCUT2D eigenvalue weighted by Gasteiger charge is 2.41. The van der Waals surface area contributed by atoms with E-state index in [-0.39, 0.29) is 10.8 Å². The number of rotatable bonds is 6. The van der Waals surface area contributed by atoms with Crippen molar-refractivity contribution in [2.45, 2.75) is 38.5 Å². The number of hydrogen-bond acceptors (Lipinski definition) is 1. The molecule has 0 radical (unpaired) electrons. The van der Waals surface area contributed by atoms with Crippen LogP contribution in [0.25, 0.3) is 72.4 Å². The van der Waals surface area contributed by atoms with Gasteiger partial charge in [0.25, 0.3) is 0 Å². The molecule has 11 rings (SSSR count). The van der Waals surface area contributed by atoms with Gasteiger partial charge in [0.1, 0.15) is 0 Å². The molecule has 0 aliphatic heterocycles. The van der Waals surface area contributed by atoms with Crippen molar-refractivity contribution in [3.8, 4) is 61.5 Å². The average molecular weight is 745 g/mol. The molecule has 9 aromatic rings. The number of fused-ring (bicyclic) bond motifs is 8. The van der Waals surface area contributed by atoms with E-state index in [1.807, 2.05) is 0 Å². The number of para-hydroxylation sites is 1. The smallest absolute Gasteiger partial charge is 0.0585 e. The van der Waals surface area contributed by atoms with Crippen molar-refractivity contribution >= 4 is 22.3 Å². The molecule has 278 valence electrons. The lowest BCUT2D eigenvalue weighted by atomic mass is 9.81. The number of benzene rings is 8. The maximum atomic E-state index is 3.84. The molecule has 58 heavy (non-hydrogen) atoms. The van der Waals surface area contributed by atoms with E-state index in [0.29, 0.717) is 0 Å². The molecule has 0 unspecified atom stereocenters. The van der Waals surface area contributed by atoms with Gasteiger partial charge in [0.15, 0.2) is 0 Å². The second-order valence-electron chi connectivity index (χ2n) is 17.1. The lowest BCUT2D eigenvalue weighted by Gasteiger charge is -2.23. The van der Waals surface area contributed by atoms with Crippen molar-refractivity contribution in [3.63, 3.8) is 0 Å². The van der Waals surface area contributed by atoms with E-state index in [0.717, 1.165) is 17.1 Å². The summed E-state index contributed by atoms with van der Waals surface area (Å²) >= 11 is 0. The summed E-state index contributed by atoms with van der Waals surface area (Å²) in [5, 5.41) is 5.14. The summed E-state index contributed by atoms with van der Waals surface area (Å²) in [5.41, 5.74) is 22.3. The Kier molecular flexibility index (Phi) is 7.59. The molecule has 0 fully saturated rings. The summed E-state index contributed by atoms with van der Waals surface area (Å²) in [5.74, 6) is 0. The third-order valence-corrected chi connectivity index (χ3v) is 13.0. The molecule has 2 heteroatoms. The highest BCUT2D eigenvalue weighted by molar-refractivity contribution is 6.00. The fourth-order valence-corrected chi connectivity index (χ4v) is 10.1. The van der Waals surface area contributed by atoms with E-state index in [9.17, 15) is 0 Å². The maximum absolute atomic E-state index is 3.84. The van der Waals surface area contributed by atoms with E-state index >= 15 is 0 Å². The number of hydrogen-bond donors (Lipinski definition) is 1. The summed E-state index contributed by atoms with van der Waals surface area (Å²) in [6.07, 6.45) is 0. The number of nitrogens with one attached hydrogen (secondary N) is 1. The van der Waals surface area contributed by atoms with E-state index < -0.39 is 0 Å². The monoisotopic (exact) mass is 744 g/mol. The van der Waals surface area contributed by atoms with Gasteiger partial charge >= 0.3 is 0 Å². The zero-order valence-corrected chi connectivity index (χ0v) is 33.3. The fourth-order valence-electron chi connectivity index (χ4n) is 10.1. The van der Waals surface area contributed by atoms with Crippen LogP contribution in [0.2, 0.25) is 0 Å². The molecule has 1 N–H and O–H groups in total. The Hall–Kier alpha value is -6.90. The van der Waals surface area contributed by atoms with Crippen molar-refractivity contribution in [2.75, 3.05) is 5.32 Å². The highest BCUT2D eigenvalue weighted by Crippen LogP contribution is 2.55. The van der Waals surface area contributed by atoms with Crippen LogP contribution in [0.5, 0.6) is 0 Å². The molecular weight excluding hydrogens is 701 g/mol. The van der Waals surface area contributed by atoms with E-state index in [1.165, 1.54) is 88.9 Å². The predicted octanol–water partition coefficient (Wildman–Crippen LogP) is 15.0. The second kappa shape index (κ2) is 12.8. The van der Waals surface area contributed by atoms with Crippen LogP contribution < -0.4 is 5.32 Å². The van der Waals surface area contributed by atoms with Gasteiger partial charge in [0.2, 0.25) is 0 Å². The summed E-state index contributed by atoms with van der Waals surface area (Å²) < 4.78 is 2.52. The third-order valence-electron chi connectivity index (χ3n) is 13.0. The number of anilines is 2. The van der Waals surface area contributed by atoms with E-state index in [2.05, 4.69) is 226 Å². The predicted molar refractivity (Wildman–Crippen MR) is 244 cm³/mol. The van der Waals surface area contributed by atoms with E-state index in [1.54, 1.807) is 0 Å². The molecule has 1 aromatic heterocycles. The summed E-state index contributed by atoms with van der Waals surface area (Å²) in [4.78, 5) is 0. The largest absolute Gasteiger partial charge is 0.355 e. The van der Waals surface area contributed by atoms with Crippen LogP contribution in [0, 0.1) is 0 Å². The van der Waals surface area contributed by atoms with Crippen LogP contribution >= 0.6 is 0 Å². The number of aromatic nitrogens is 1. The Labute approximate surface area is 341 Å². The van der Waals surface area contributed by atoms with Crippen LogP contribution in [0.3, 0.4) is 0 Å². The van der Waals surface area contributed by atoms with Gasteiger partial charge in [-0.25, -0.2) is 0 Å². The topological polar surface area (TPSA) is 17.0 Å². The Morgan fingerprint density at radius 1 is 0.379 bits per heavy atom. The molecule has 1 heterocycles. The molecule has 0 amide bonds. The first-order valence-electron chi connectivity index (χ1n) is 20.4. The molecule has 0 saturated heterocycles. The number of nitrogens with zero attached hydrogens (tertiary/aromatic N) is 1. The van der Waals surface area contributed by atoms with Gasteiger partial charge in [-0.15, -0.1) is 0 Å². The van der Waals surface area contributed by atoms with Crippen LogP contribution in [0.4, 0.5) is 11.4 Å². The van der Waals surface area contributed by atoms with Crippen molar-refractivity contribution in [2.24, 2.45) is 0 Å². The Balaban J connectivity index is 1.06. The Morgan fingerprint density at radius 3 is 1.74 bits per heavy atom.